The molecule has 0 radical (unpaired) electrons. The fourth-order valence-electron chi connectivity index (χ4n) is 6.91. The molecule has 3 aromatic carbocycles. The van der Waals surface area contributed by atoms with Crippen molar-refractivity contribution in [2.24, 2.45) is 0 Å². The van der Waals surface area contributed by atoms with E-state index in [1.807, 2.05) is 25.1 Å². The van der Waals surface area contributed by atoms with Crippen LogP contribution in [-0.4, -0.2) is 87.9 Å². The SMILES string of the molecule is Cc1ccc2c(c1)[nH]c1c2c2c(c3c4ccc(O)cc4n(C4OC(CO)C(O)C(O)C4O)c13)C(=O)N(NCc1ccncc1)C2=O. The van der Waals surface area contributed by atoms with E-state index < -0.39 is 49.1 Å². The molecule has 0 bridgehead atoms. The number of phenols is 1. The van der Waals surface area contributed by atoms with Crippen LogP contribution in [0.15, 0.2) is 60.9 Å². The number of carbonyl (C=O) groups excluding carboxylic acids is 2. The molecule has 5 atom stereocenters. The van der Waals surface area contributed by atoms with Crippen molar-refractivity contribution in [2.75, 3.05) is 6.61 Å². The van der Waals surface area contributed by atoms with Crippen LogP contribution in [0.4, 0.5) is 0 Å². The molecular weight excluding hydrogens is 594 g/mol. The summed E-state index contributed by atoms with van der Waals surface area (Å²) in [5.41, 5.74) is 6.89. The van der Waals surface area contributed by atoms with Crippen LogP contribution in [0.2, 0.25) is 0 Å². The molecule has 1 fully saturated rings. The van der Waals surface area contributed by atoms with Gasteiger partial charge in [-0.25, -0.2) is 10.4 Å². The van der Waals surface area contributed by atoms with Gasteiger partial charge in [-0.3, -0.25) is 14.6 Å². The number of pyridine rings is 1. The number of nitrogens with one attached hydrogen (secondary N) is 2. The molecule has 3 aromatic heterocycles. The van der Waals surface area contributed by atoms with Gasteiger partial charge in [0.2, 0.25) is 0 Å². The summed E-state index contributed by atoms with van der Waals surface area (Å²) in [5, 5.41) is 56.1. The van der Waals surface area contributed by atoms with Crippen molar-refractivity contribution in [2.45, 2.75) is 44.1 Å². The molecule has 13 nitrogen and oxygen atoms in total. The number of phenolic OH excluding ortho intramolecular Hbond substituents is 1. The van der Waals surface area contributed by atoms with Crippen molar-refractivity contribution in [3.8, 4) is 5.75 Å². The van der Waals surface area contributed by atoms with Gasteiger partial charge in [0.05, 0.1) is 34.3 Å². The molecule has 7 N–H and O–H groups in total. The molecule has 2 amide bonds. The lowest BCUT2D eigenvalue weighted by Crippen LogP contribution is -2.56. The minimum Gasteiger partial charge on any atom is -0.508 e. The summed E-state index contributed by atoms with van der Waals surface area (Å²) < 4.78 is 7.57. The molecule has 0 saturated carbocycles. The summed E-state index contributed by atoms with van der Waals surface area (Å²) in [5.74, 6) is -1.26. The number of aromatic amines is 1. The number of aromatic nitrogens is 3. The average molecular weight is 624 g/mol. The topological polar surface area (TPSA) is 193 Å². The van der Waals surface area contributed by atoms with Crippen LogP contribution in [0.5, 0.6) is 5.75 Å². The largest absolute Gasteiger partial charge is 0.508 e. The number of aliphatic hydroxyl groups is 4. The van der Waals surface area contributed by atoms with Gasteiger partial charge in [0.15, 0.2) is 6.23 Å². The van der Waals surface area contributed by atoms with Gasteiger partial charge in [-0.1, -0.05) is 12.1 Å². The average Bonchev–Trinajstić information content (AvgIpc) is 3.66. The van der Waals surface area contributed by atoms with E-state index in [4.69, 9.17) is 4.74 Å². The third-order valence-electron chi connectivity index (χ3n) is 9.07. The van der Waals surface area contributed by atoms with Gasteiger partial charge in [-0.15, -0.1) is 0 Å². The lowest BCUT2D eigenvalue weighted by molar-refractivity contribution is -0.249. The Morgan fingerprint density at radius 1 is 0.913 bits per heavy atom. The van der Waals surface area contributed by atoms with E-state index in [-0.39, 0.29) is 23.4 Å². The molecule has 0 aliphatic carbocycles. The monoisotopic (exact) mass is 623 g/mol. The fraction of sp³-hybridized carbons (Fsp3) is 0.242. The van der Waals surface area contributed by atoms with Crippen LogP contribution in [0.1, 0.15) is 38.1 Å². The Balaban J connectivity index is 1.47. The van der Waals surface area contributed by atoms with Gasteiger partial charge in [0.1, 0.15) is 30.2 Å². The smallest absolute Gasteiger partial charge is 0.276 e. The highest BCUT2D eigenvalue weighted by Gasteiger charge is 2.47. The second kappa shape index (κ2) is 10.3. The second-order valence-corrected chi connectivity index (χ2v) is 11.8. The lowest BCUT2D eigenvalue weighted by atomic mass is 9.96. The van der Waals surface area contributed by atoms with Gasteiger partial charge in [-0.2, -0.15) is 0 Å². The predicted octanol–water partition coefficient (Wildman–Crippen LogP) is 2.11. The van der Waals surface area contributed by atoms with E-state index in [9.17, 15) is 35.1 Å². The standard InChI is InChI=1S/C33H29N5O8/c1-14-2-4-17-19(10-14)36-26-22(17)24-25(32(45)38(31(24)44)35-12-15-6-8-34-9-7-15)23-18-5-3-16(40)11-20(18)37(27(23)26)33-30(43)29(42)28(41)21(13-39)46-33/h2-11,21,28-30,33,35-36,39-43H,12-13H2,1H3. The number of benzene rings is 3. The highest BCUT2D eigenvalue weighted by Crippen LogP contribution is 2.47. The first kappa shape index (κ1) is 28.6. The summed E-state index contributed by atoms with van der Waals surface area (Å²) in [4.78, 5) is 36.0. The van der Waals surface area contributed by atoms with Crippen molar-refractivity contribution >= 4 is 55.4 Å². The number of rotatable bonds is 5. The molecule has 2 aliphatic rings. The molecule has 0 spiro atoms. The van der Waals surface area contributed by atoms with Crippen LogP contribution in [-0.2, 0) is 11.3 Å². The maximum atomic E-state index is 14.3. The van der Waals surface area contributed by atoms with Gasteiger partial charge in [0.25, 0.3) is 11.8 Å². The maximum Gasteiger partial charge on any atom is 0.276 e. The molecule has 5 unspecified atom stereocenters. The van der Waals surface area contributed by atoms with Crippen molar-refractivity contribution < 1.29 is 39.9 Å². The molecule has 5 heterocycles. The zero-order valence-corrected chi connectivity index (χ0v) is 24.4. The molecular formula is C33H29N5O8. The summed E-state index contributed by atoms with van der Waals surface area (Å²) in [7, 11) is 0. The Bertz CT molecular complexity index is 2230. The highest BCUT2D eigenvalue weighted by atomic mass is 16.6. The van der Waals surface area contributed by atoms with Crippen LogP contribution < -0.4 is 5.43 Å². The lowest BCUT2D eigenvalue weighted by Gasteiger charge is -2.41. The Morgan fingerprint density at radius 2 is 1.63 bits per heavy atom. The van der Waals surface area contributed by atoms with E-state index >= 15 is 0 Å². The number of nitrogens with zero attached hydrogens (tertiary/aromatic N) is 3. The molecule has 46 heavy (non-hydrogen) atoms. The minimum absolute atomic E-state index is 0.121. The molecule has 13 heteroatoms. The number of ether oxygens (including phenoxy) is 1. The van der Waals surface area contributed by atoms with E-state index in [2.05, 4.69) is 15.4 Å². The number of amides is 2. The summed E-state index contributed by atoms with van der Waals surface area (Å²) in [6.45, 7) is 1.46. The maximum absolute atomic E-state index is 14.3. The number of hydrazine groups is 1. The Kier molecular flexibility index (Phi) is 6.41. The van der Waals surface area contributed by atoms with Crippen LogP contribution in [0.25, 0.3) is 43.6 Å². The van der Waals surface area contributed by atoms with Gasteiger partial charge in [-0.05, 0) is 48.4 Å². The number of aliphatic hydroxyl groups excluding tert-OH is 4. The quantitative estimate of drug-likeness (QED) is 0.140. The minimum atomic E-state index is -1.69. The van der Waals surface area contributed by atoms with Gasteiger partial charge < -0.3 is 39.8 Å². The second-order valence-electron chi connectivity index (χ2n) is 11.8. The number of imide groups is 1. The first-order valence-electron chi connectivity index (χ1n) is 14.8. The summed E-state index contributed by atoms with van der Waals surface area (Å²) in [6, 6.07) is 13.7. The normalized spacial score (nSPS) is 23.4. The van der Waals surface area contributed by atoms with Crippen LogP contribution in [0, 0.1) is 6.92 Å². The summed E-state index contributed by atoms with van der Waals surface area (Å²) >= 11 is 0. The van der Waals surface area contributed by atoms with Crippen molar-refractivity contribution in [1.29, 1.82) is 0 Å². The van der Waals surface area contributed by atoms with E-state index in [1.54, 1.807) is 35.2 Å². The molecule has 8 rings (SSSR count). The Labute approximate surface area is 259 Å². The zero-order valence-electron chi connectivity index (χ0n) is 24.4. The number of fused-ring (bicyclic) bond motifs is 10. The first-order valence-corrected chi connectivity index (χ1v) is 14.8. The van der Waals surface area contributed by atoms with E-state index in [0.29, 0.717) is 43.6 Å². The van der Waals surface area contributed by atoms with E-state index in [1.165, 1.54) is 12.1 Å². The van der Waals surface area contributed by atoms with Gasteiger partial charge in [0, 0.05) is 52.1 Å². The zero-order chi connectivity index (χ0) is 32.0. The Morgan fingerprint density at radius 3 is 2.37 bits per heavy atom. The van der Waals surface area contributed by atoms with Crippen LogP contribution >= 0.6 is 0 Å². The first-order chi connectivity index (χ1) is 22.2. The number of aromatic hydroxyl groups is 1. The molecule has 6 aromatic rings. The van der Waals surface area contributed by atoms with Crippen molar-refractivity contribution in [3.05, 3.63) is 83.2 Å². The van der Waals surface area contributed by atoms with Crippen molar-refractivity contribution in [1.82, 2.24) is 25.0 Å². The number of carbonyl (C=O) groups is 2. The third-order valence-corrected chi connectivity index (χ3v) is 9.07. The summed E-state index contributed by atoms with van der Waals surface area (Å²) in [6.07, 6.45) is -4.33. The number of hydrogen-bond acceptors (Lipinski definition) is 10. The van der Waals surface area contributed by atoms with Gasteiger partial charge >= 0.3 is 0 Å². The predicted molar refractivity (Wildman–Crippen MR) is 166 cm³/mol. The van der Waals surface area contributed by atoms with Crippen LogP contribution in [0.3, 0.4) is 0 Å². The van der Waals surface area contributed by atoms with E-state index in [0.717, 1.165) is 16.1 Å². The Hall–Kier alpha value is -4.89. The highest BCUT2D eigenvalue weighted by molar-refractivity contribution is 6.39. The number of aryl methyl sites for hydroxylation is 1. The van der Waals surface area contributed by atoms with Crippen molar-refractivity contribution in [3.63, 3.8) is 0 Å². The third kappa shape index (κ3) is 3.94. The number of hydrogen-bond donors (Lipinski definition) is 7. The molecule has 234 valence electrons. The molecule has 1 saturated heterocycles. The fourth-order valence-corrected chi connectivity index (χ4v) is 6.91. The number of H-pyrrole nitrogens is 1. The molecule has 2 aliphatic heterocycles.